The van der Waals surface area contributed by atoms with E-state index >= 15 is 0 Å². The minimum atomic E-state index is 0. The van der Waals surface area contributed by atoms with Crippen LogP contribution in [-0.4, -0.2) is 4.57 Å². The van der Waals surface area contributed by atoms with Gasteiger partial charge in [-0.15, -0.1) is 17.0 Å². The van der Waals surface area contributed by atoms with Gasteiger partial charge in [0.25, 0.3) is 5.82 Å². The summed E-state index contributed by atoms with van der Waals surface area (Å²) in [5.74, 6) is 1.40. The van der Waals surface area contributed by atoms with Gasteiger partial charge in [0.2, 0.25) is 0 Å². The molecule has 0 spiro atoms. The number of imidazole rings is 1. The molecular formula is C19H19Br2N2+. The summed E-state index contributed by atoms with van der Waals surface area (Å²) < 4.78 is 5.93. The lowest BCUT2D eigenvalue weighted by molar-refractivity contribution is -0.679. The topological polar surface area (TPSA) is 8.81 Å². The Balaban J connectivity index is 0.00000156. The molecule has 0 bridgehead atoms. The van der Waals surface area contributed by atoms with Crippen LogP contribution in [0.15, 0.2) is 59.2 Å². The summed E-state index contributed by atoms with van der Waals surface area (Å²) in [7, 11) is 0. The van der Waals surface area contributed by atoms with Crippen molar-refractivity contribution in [2.45, 2.75) is 26.3 Å². The lowest BCUT2D eigenvalue weighted by Crippen LogP contribution is -2.33. The number of aromatic nitrogens is 2. The molecule has 0 saturated heterocycles. The smallest absolute Gasteiger partial charge is 0.227 e. The summed E-state index contributed by atoms with van der Waals surface area (Å²) in [6, 6.07) is 17.4. The predicted octanol–water partition coefficient (Wildman–Crippen LogP) is 5.03. The second-order valence-corrected chi connectivity index (χ2v) is 6.81. The van der Waals surface area contributed by atoms with Crippen LogP contribution in [0, 0.1) is 6.92 Å². The van der Waals surface area contributed by atoms with E-state index in [9.17, 15) is 0 Å². The molecule has 4 heteroatoms. The SMILES string of the molecule is Br.Cc1ccc(-n2cc(-c3ccc(Br)cc3)[n+]3c2CCC3)cc1. The van der Waals surface area contributed by atoms with Gasteiger partial charge in [0.1, 0.15) is 11.9 Å². The van der Waals surface area contributed by atoms with Crippen LogP contribution in [-0.2, 0) is 13.0 Å². The van der Waals surface area contributed by atoms with E-state index in [4.69, 9.17) is 0 Å². The first-order chi connectivity index (χ1) is 10.7. The quantitative estimate of drug-likeness (QED) is 0.500. The number of aryl methyl sites for hydroxylation is 1. The fraction of sp³-hybridized carbons (Fsp3) is 0.211. The average molecular weight is 435 g/mol. The summed E-state index contributed by atoms with van der Waals surface area (Å²) in [6.07, 6.45) is 4.65. The van der Waals surface area contributed by atoms with Gasteiger partial charge in [-0.05, 0) is 49.7 Å². The van der Waals surface area contributed by atoms with Gasteiger partial charge in [-0.25, -0.2) is 4.57 Å². The van der Waals surface area contributed by atoms with Crippen LogP contribution >= 0.6 is 32.9 Å². The zero-order valence-corrected chi connectivity index (χ0v) is 16.3. The number of hydrogen-bond acceptors (Lipinski definition) is 0. The van der Waals surface area contributed by atoms with E-state index in [1.165, 1.54) is 34.8 Å². The highest BCUT2D eigenvalue weighted by Gasteiger charge is 2.29. The van der Waals surface area contributed by atoms with Gasteiger partial charge in [0, 0.05) is 10.0 Å². The minimum Gasteiger partial charge on any atom is -0.227 e. The van der Waals surface area contributed by atoms with Crippen LogP contribution < -0.4 is 4.57 Å². The molecule has 2 heterocycles. The molecule has 1 aliphatic rings. The molecule has 4 rings (SSSR count). The standard InChI is InChI=1S/C19H18BrN2.BrH/c1-14-4-10-17(11-5-14)22-13-18(21-12-2-3-19(21)22)15-6-8-16(20)9-7-15;/h4-11,13H,2-3,12H2,1H3;1H/q+1;. The first-order valence-corrected chi connectivity index (χ1v) is 8.49. The Hall–Kier alpha value is -1.39. The maximum atomic E-state index is 3.52. The number of fused-ring (bicyclic) bond motifs is 1. The molecule has 1 aromatic heterocycles. The molecule has 0 fully saturated rings. The van der Waals surface area contributed by atoms with Crippen LogP contribution in [0.3, 0.4) is 0 Å². The molecule has 0 amide bonds. The second-order valence-electron chi connectivity index (χ2n) is 5.90. The predicted molar refractivity (Wildman–Crippen MR) is 102 cm³/mol. The van der Waals surface area contributed by atoms with E-state index in [1.807, 2.05) is 0 Å². The second kappa shape index (κ2) is 6.62. The number of rotatable bonds is 2. The van der Waals surface area contributed by atoms with E-state index < -0.39 is 0 Å². The summed E-state index contributed by atoms with van der Waals surface area (Å²) in [6.45, 7) is 3.24. The normalized spacial score (nSPS) is 12.8. The van der Waals surface area contributed by atoms with Gasteiger partial charge >= 0.3 is 0 Å². The van der Waals surface area contributed by atoms with E-state index in [-0.39, 0.29) is 17.0 Å². The van der Waals surface area contributed by atoms with Crippen molar-refractivity contribution in [1.82, 2.24) is 4.57 Å². The third kappa shape index (κ3) is 3.02. The monoisotopic (exact) mass is 433 g/mol. The van der Waals surface area contributed by atoms with Gasteiger partial charge in [0.15, 0.2) is 5.69 Å². The molecule has 0 saturated carbocycles. The van der Waals surface area contributed by atoms with E-state index in [1.54, 1.807) is 0 Å². The zero-order chi connectivity index (χ0) is 15.1. The van der Waals surface area contributed by atoms with E-state index in [2.05, 4.69) is 86.7 Å². The van der Waals surface area contributed by atoms with E-state index in [0.717, 1.165) is 17.4 Å². The zero-order valence-electron chi connectivity index (χ0n) is 13.0. The van der Waals surface area contributed by atoms with Crippen molar-refractivity contribution in [1.29, 1.82) is 0 Å². The molecule has 23 heavy (non-hydrogen) atoms. The molecule has 2 nitrogen and oxygen atoms in total. The highest BCUT2D eigenvalue weighted by molar-refractivity contribution is 9.10. The van der Waals surface area contributed by atoms with Crippen molar-refractivity contribution >= 4 is 32.9 Å². The van der Waals surface area contributed by atoms with Gasteiger partial charge in [0.05, 0.1) is 13.0 Å². The van der Waals surface area contributed by atoms with E-state index in [0.29, 0.717) is 0 Å². The van der Waals surface area contributed by atoms with Crippen molar-refractivity contribution in [3.8, 4) is 16.9 Å². The number of benzene rings is 2. The highest BCUT2D eigenvalue weighted by atomic mass is 79.9. The van der Waals surface area contributed by atoms with Crippen molar-refractivity contribution in [2.75, 3.05) is 0 Å². The third-order valence-electron chi connectivity index (χ3n) is 4.37. The maximum absolute atomic E-state index is 3.52. The molecule has 0 unspecified atom stereocenters. The van der Waals surface area contributed by atoms with Crippen LogP contribution in [0.2, 0.25) is 0 Å². The molecule has 3 aromatic rings. The summed E-state index contributed by atoms with van der Waals surface area (Å²) >= 11 is 3.52. The molecule has 0 radical (unpaired) electrons. The maximum Gasteiger partial charge on any atom is 0.262 e. The Kier molecular flexibility index (Phi) is 4.74. The van der Waals surface area contributed by atoms with Crippen LogP contribution in [0.25, 0.3) is 16.9 Å². The largest absolute Gasteiger partial charge is 0.262 e. The Labute approximate surface area is 155 Å². The first kappa shape index (κ1) is 16.5. The first-order valence-electron chi connectivity index (χ1n) is 7.69. The Morgan fingerprint density at radius 1 is 1.00 bits per heavy atom. The van der Waals surface area contributed by atoms with Gasteiger partial charge in [-0.3, -0.25) is 0 Å². The minimum absolute atomic E-state index is 0. The number of hydrogen-bond donors (Lipinski definition) is 0. The molecule has 1 aliphatic heterocycles. The molecule has 0 aliphatic carbocycles. The van der Waals surface area contributed by atoms with Crippen molar-refractivity contribution in [3.05, 3.63) is 70.6 Å². The third-order valence-corrected chi connectivity index (χ3v) is 4.89. The highest BCUT2D eigenvalue weighted by Crippen LogP contribution is 2.25. The van der Waals surface area contributed by atoms with Crippen LogP contribution in [0.1, 0.15) is 17.8 Å². The molecule has 0 N–H and O–H groups in total. The van der Waals surface area contributed by atoms with Crippen molar-refractivity contribution < 1.29 is 4.57 Å². The van der Waals surface area contributed by atoms with Gasteiger partial charge < -0.3 is 0 Å². The fourth-order valence-corrected chi connectivity index (χ4v) is 3.48. The summed E-state index contributed by atoms with van der Waals surface area (Å²) in [5, 5.41) is 0. The summed E-state index contributed by atoms with van der Waals surface area (Å²) in [5.41, 5.74) is 5.13. The molecule has 118 valence electrons. The van der Waals surface area contributed by atoms with Gasteiger partial charge in [-0.2, -0.15) is 4.57 Å². The van der Waals surface area contributed by atoms with Crippen molar-refractivity contribution in [2.24, 2.45) is 0 Å². The Morgan fingerprint density at radius 3 is 2.39 bits per heavy atom. The fourth-order valence-electron chi connectivity index (χ4n) is 3.22. The van der Waals surface area contributed by atoms with Crippen LogP contribution in [0.4, 0.5) is 0 Å². The lowest BCUT2D eigenvalue weighted by atomic mass is 10.1. The summed E-state index contributed by atoms with van der Waals surface area (Å²) in [4.78, 5) is 0. The van der Waals surface area contributed by atoms with Crippen LogP contribution in [0.5, 0.6) is 0 Å². The van der Waals surface area contributed by atoms with Gasteiger partial charge in [-0.1, -0.05) is 33.6 Å². The molecule has 2 aromatic carbocycles. The lowest BCUT2D eigenvalue weighted by Gasteiger charge is -1.98. The average Bonchev–Trinajstić information content (AvgIpc) is 3.12. The molecular weight excluding hydrogens is 416 g/mol. The number of halogens is 2. The molecule has 0 atom stereocenters. The Bertz CT molecular complexity index is 750. The van der Waals surface area contributed by atoms with Crippen molar-refractivity contribution in [3.63, 3.8) is 0 Å². The Morgan fingerprint density at radius 2 is 1.70 bits per heavy atom. The number of nitrogens with zero attached hydrogens (tertiary/aromatic N) is 2.